The minimum Gasteiger partial charge on any atom is -0.338 e. The average Bonchev–Trinajstić information content (AvgIpc) is 2.45. The van der Waals surface area contributed by atoms with Crippen molar-refractivity contribution in [3.05, 3.63) is 35.6 Å². The summed E-state index contributed by atoms with van der Waals surface area (Å²) in [7, 11) is -3.27. The zero-order valence-corrected chi connectivity index (χ0v) is 13.9. The Bertz CT molecular complexity index is 651. The van der Waals surface area contributed by atoms with Crippen molar-refractivity contribution in [2.45, 2.75) is 25.3 Å². The summed E-state index contributed by atoms with van der Waals surface area (Å²) < 4.78 is 38.2. The largest absolute Gasteiger partial charge is 0.338 e. The van der Waals surface area contributed by atoms with Crippen molar-refractivity contribution < 1.29 is 17.6 Å². The van der Waals surface area contributed by atoms with Gasteiger partial charge in [0.25, 0.3) is 0 Å². The van der Waals surface area contributed by atoms with Gasteiger partial charge in [0.1, 0.15) is 5.82 Å². The first-order chi connectivity index (χ1) is 10.8. The number of nitrogens with one attached hydrogen (secondary N) is 2. The zero-order chi connectivity index (χ0) is 16.9. The average molecular weight is 343 g/mol. The molecular weight excluding hydrogens is 321 g/mol. The monoisotopic (exact) mass is 343 g/mol. The quantitative estimate of drug-likeness (QED) is 0.840. The molecule has 1 aliphatic rings. The van der Waals surface area contributed by atoms with Crippen LogP contribution in [0.5, 0.6) is 0 Å². The van der Waals surface area contributed by atoms with Crippen LogP contribution in [-0.2, 0) is 16.4 Å². The number of hydrogen-bond acceptors (Lipinski definition) is 3. The fraction of sp³-hybridized carbons (Fsp3) is 0.533. The van der Waals surface area contributed by atoms with Gasteiger partial charge in [-0.1, -0.05) is 12.1 Å². The number of amides is 2. The summed E-state index contributed by atoms with van der Waals surface area (Å²) in [5, 5.41) is 2.79. The first-order valence-electron chi connectivity index (χ1n) is 7.58. The molecule has 2 rings (SSSR count). The number of piperidine rings is 1. The third kappa shape index (κ3) is 6.15. The highest BCUT2D eigenvalue weighted by Gasteiger charge is 2.25. The molecule has 1 saturated heterocycles. The molecule has 1 aromatic carbocycles. The number of sulfonamides is 1. The lowest BCUT2D eigenvalue weighted by atomic mass is 10.1. The Morgan fingerprint density at radius 2 is 2.22 bits per heavy atom. The van der Waals surface area contributed by atoms with Crippen LogP contribution in [0, 0.1) is 5.82 Å². The van der Waals surface area contributed by atoms with E-state index in [2.05, 4.69) is 10.0 Å². The minimum atomic E-state index is -3.27. The summed E-state index contributed by atoms with van der Waals surface area (Å²) in [5.41, 5.74) is 0.820. The molecule has 1 fully saturated rings. The van der Waals surface area contributed by atoms with Crippen molar-refractivity contribution >= 4 is 16.1 Å². The smallest absolute Gasteiger partial charge is 0.317 e. The van der Waals surface area contributed by atoms with Gasteiger partial charge in [-0.25, -0.2) is 22.3 Å². The fourth-order valence-electron chi connectivity index (χ4n) is 2.68. The highest BCUT2D eigenvalue weighted by atomic mass is 32.2. The number of urea groups is 1. The lowest BCUT2D eigenvalue weighted by Crippen LogP contribution is -2.52. The second-order valence-electron chi connectivity index (χ2n) is 5.79. The Balaban J connectivity index is 1.78. The Labute approximate surface area is 136 Å². The molecule has 1 aliphatic heterocycles. The molecule has 0 aromatic heterocycles. The predicted molar refractivity (Wildman–Crippen MR) is 86.1 cm³/mol. The summed E-state index contributed by atoms with van der Waals surface area (Å²) in [5.74, 6) is -0.292. The molecule has 1 aromatic rings. The van der Waals surface area contributed by atoms with Crippen molar-refractivity contribution in [3.8, 4) is 0 Å². The molecule has 0 aliphatic carbocycles. The van der Waals surface area contributed by atoms with E-state index in [-0.39, 0.29) is 17.9 Å². The lowest BCUT2D eigenvalue weighted by Gasteiger charge is -2.32. The molecule has 23 heavy (non-hydrogen) atoms. The van der Waals surface area contributed by atoms with E-state index in [1.807, 2.05) is 6.07 Å². The van der Waals surface area contributed by atoms with Gasteiger partial charge in [-0.15, -0.1) is 0 Å². The van der Waals surface area contributed by atoms with Gasteiger partial charge in [0.2, 0.25) is 10.0 Å². The second kappa shape index (κ2) is 7.74. The summed E-state index contributed by atoms with van der Waals surface area (Å²) in [6.45, 7) is 1.37. The molecule has 8 heteroatoms. The van der Waals surface area contributed by atoms with E-state index in [9.17, 15) is 17.6 Å². The molecule has 0 bridgehead atoms. The van der Waals surface area contributed by atoms with Crippen LogP contribution >= 0.6 is 0 Å². The van der Waals surface area contributed by atoms with Crippen molar-refractivity contribution in [1.29, 1.82) is 0 Å². The normalized spacial score (nSPS) is 18.7. The van der Waals surface area contributed by atoms with Gasteiger partial charge in [0.15, 0.2) is 0 Å². The molecule has 6 nitrogen and oxygen atoms in total. The Morgan fingerprint density at radius 3 is 2.91 bits per heavy atom. The molecule has 1 atom stereocenters. The second-order valence-corrected chi connectivity index (χ2v) is 7.57. The van der Waals surface area contributed by atoms with Crippen LogP contribution in [0.4, 0.5) is 9.18 Å². The number of benzene rings is 1. The molecule has 1 unspecified atom stereocenters. The standard InChI is InChI=1S/C15H22FN3O3S/c1-23(21,22)18-14-6-3-9-19(11-14)15(20)17-8-7-12-4-2-5-13(16)10-12/h2,4-5,10,14,18H,3,6-9,11H2,1H3,(H,17,20). The molecule has 128 valence electrons. The molecule has 0 radical (unpaired) electrons. The maximum absolute atomic E-state index is 13.1. The van der Waals surface area contributed by atoms with Crippen LogP contribution in [0.15, 0.2) is 24.3 Å². The van der Waals surface area contributed by atoms with E-state index in [1.165, 1.54) is 12.1 Å². The van der Waals surface area contributed by atoms with E-state index in [0.29, 0.717) is 26.1 Å². The van der Waals surface area contributed by atoms with Crippen molar-refractivity contribution in [2.75, 3.05) is 25.9 Å². The SMILES string of the molecule is CS(=O)(=O)NC1CCCN(C(=O)NCCc2cccc(F)c2)C1. The number of hydrogen-bond donors (Lipinski definition) is 2. The molecule has 1 heterocycles. The Morgan fingerprint density at radius 1 is 1.43 bits per heavy atom. The first-order valence-corrected chi connectivity index (χ1v) is 9.47. The van der Waals surface area contributed by atoms with Crippen LogP contribution < -0.4 is 10.0 Å². The number of halogens is 1. The Hall–Kier alpha value is -1.67. The molecule has 2 N–H and O–H groups in total. The lowest BCUT2D eigenvalue weighted by molar-refractivity contribution is 0.177. The van der Waals surface area contributed by atoms with Gasteiger partial charge >= 0.3 is 6.03 Å². The van der Waals surface area contributed by atoms with Gasteiger partial charge in [-0.05, 0) is 37.0 Å². The molecule has 2 amide bonds. The van der Waals surface area contributed by atoms with Crippen LogP contribution in [0.25, 0.3) is 0 Å². The van der Waals surface area contributed by atoms with E-state index in [4.69, 9.17) is 0 Å². The number of carbonyl (C=O) groups excluding carboxylic acids is 1. The fourth-order valence-corrected chi connectivity index (χ4v) is 3.48. The maximum atomic E-state index is 13.1. The topological polar surface area (TPSA) is 78.5 Å². The van der Waals surface area contributed by atoms with Crippen molar-refractivity contribution in [1.82, 2.24) is 14.9 Å². The molecule has 0 saturated carbocycles. The predicted octanol–water partition coefficient (Wildman–Crippen LogP) is 1.09. The van der Waals surface area contributed by atoms with Crippen LogP contribution in [0.3, 0.4) is 0 Å². The number of likely N-dealkylation sites (tertiary alicyclic amines) is 1. The summed E-state index contributed by atoms with van der Waals surface area (Å²) in [6.07, 6.45) is 3.14. The molecule has 0 spiro atoms. The highest BCUT2D eigenvalue weighted by Crippen LogP contribution is 2.11. The Kier molecular flexibility index (Phi) is 5.95. The third-order valence-corrected chi connectivity index (χ3v) is 4.43. The first kappa shape index (κ1) is 17.7. The minimum absolute atomic E-state index is 0.221. The van der Waals surface area contributed by atoms with Gasteiger partial charge < -0.3 is 10.2 Å². The molecular formula is C15H22FN3O3S. The van der Waals surface area contributed by atoms with E-state index in [1.54, 1.807) is 11.0 Å². The van der Waals surface area contributed by atoms with Gasteiger partial charge in [0, 0.05) is 25.7 Å². The van der Waals surface area contributed by atoms with Crippen LogP contribution in [0.1, 0.15) is 18.4 Å². The van der Waals surface area contributed by atoms with E-state index in [0.717, 1.165) is 24.7 Å². The van der Waals surface area contributed by atoms with Gasteiger partial charge in [-0.2, -0.15) is 0 Å². The van der Waals surface area contributed by atoms with Crippen molar-refractivity contribution in [2.24, 2.45) is 0 Å². The zero-order valence-electron chi connectivity index (χ0n) is 13.1. The maximum Gasteiger partial charge on any atom is 0.317 e. The summed E-state index contributed by atoms with van der Waals surface area (Å²) in [4.78, 5) is 13.7. The van der Waals surface area contributed by atoms with Crippen molar-refractivity contribution in [3.63, 3.8) is 0 Å². The van der Waals surface area contributed by atoms with E-state index >= 15 is 0 Å². The highest BCUT2D eigenvalue weighted by molar-refractivity contribution is 7.88. The van der Waals surface area contributed by atoms with Gasteiger partial charge in [-0.3, -0.25) is 0 Å². The van der Waals surface area contributed by atoms with Crippen LogP contribution in [0.2, 0.25) is 0 Å². The summed E-state index contributed by atoms with van der Waals surface area (Å²) >= 11 is 0. The number of nitrogens with zero attached hydrogens (tertiary/aromatic N) is 1. The summed E-state index contributed by atoms with van der Waals surface area (Å²) in [6, 6.07) is 5.80. The van der Waals surface area contributed by atoms with Gasteiger partial charge in [0.05, 0.1) is 6.26 Å². The number of rotatable bonds is 5. The van der Waals surface area contributed by atoms with Crippen LogP contribution in [-0.4, -0.2) is 51.3 Å². The number of carbonyl (C=O) groups is 1. The van der Waals surface area contributed by atoms with E-state index < -0.39 is 10.0 Å². The third-order valence-electron chi connectivity index (χ3n) is 3.67.